The number of hydrogen-bond acceptors (Lipinski definition) is 4. The van der Waals surface area contributed by atoms with Crippen molar-refractivity contribution < 1.29 is 19.4 Å². The van der Waals surface area contributed by atoms with E-state index in [4.69, 9.17) is 14.6 Å². The summed E-state index contributed by atoms with van der Waals surface area (Å²) < 4.78 is 9.85. The zero-order valence-corrected chi connectivity index (χ0v) is 11.9. The fourth-order valence-corrected chi connectivity index (χ4v) is 1.41. The summed E-state index contributed by atoms with van der Waals surface area (Å²) in [6, 6.07) is 5.29. The number of carboxylic acid groups (broad SMARTS) is 1. The number of benzene rings is 1. The largest absolute Gasteiger partial charge is 0.482 e. The van der Waals surface area contributed by atoms with Crippen LogP contribution in [0.5, 0.6) is 5.75 Å². The Morgan fingerprint density at radius 3 is 2.33 bits per heavy atom. The third kappa shape index (κ3) is 7.97. The third-order valence-electron chi connectivity index (χ3n) is 1.92. The fraction of sp³-hybridized carbons (Fsp3) is 0.462. The molecule has 0 saturated heterocycles. The van der Waals surface area contributed by atoms with E-state index in [1.165, 1.54) is 0 Å². The lowest BCUT2D eigenvalue weighted by Gasteiger charge is -2.06. The average molecular weight is 272 g/mol. The van der Waals surface area contributed by atoms with Gasteiger partial charge in [0.25, 0.3) is 0 Å². The minimum absolute atomic E-state index is 0.313. The number of thiol groups is 1. The molecule has 4 nitrogen and oxygen atoms in total. The predicted octanol–water partition coefficient (Wildman–Crippen LogP) is 2.79. The summed E-state index contributed by atoms with van der Waals surface area (Å²) in [6.07, 6.45) is 0. The zero-order chi connectivity index (χ0) is 14.0. The van der Waals surface area contributed by atoms with E-state index >= 15 is 0 Å². The topological polar surface area (TPSA) is 55.8 Å². The number of aliphatic carboxylic acids is 1. The van der Waals surface area contributed by atoms with Crippen molar-refractivity contribution in [2.75, 3.05) is 19.8 Å². The molecule has 0 aromatic heterocycles. The summed E-state index contributed by atoms with van der Waals surface area (Å²) >= 11 is 4.14. The summed E-state index contributed by atoms with van der Waals surface area (Å²) in [4.78, 5) is 11.0. The Morgan fingerprint density at radius 1 is 1.33 bits per heavy atom. The molecule has 1 aromatic carbocycles. The van der Waals surface area contributed by atoms with Gasteiger partial charge in [0.1, 0.15) is 5.75 Å². The van der Waals surface area contributed by atoms with Crippen LogP contribution >= 0.6 is 12.6 Å². The molecule has 0 amide bonds. The van der Waals surface area contributed by atoms with Crippen LogP contribution in [0.2, 0.25) is 0 Å². The Morgan fingerprint density at radius 2 is 1.94 bits per heavy atom. The Balaban J connectivity index is 0.000000494. The maximum Gasteiger partial charge on any atom is 0.341 e. The van der Waals surface area contributed by atoms with Crippen LogP contribution in [0.15, 0.2) is 23.1 Å². The minimum Gasteiger partial charge on any atom is -0.482 e. The molecule has 0 radical (unpaired) electrons. The molecule has 1 N–H and O–H groups in total. The van der Waals surface area contributed by atoms with Gasteiger partial charge in [0.05, 0.1) is 0 Å². The summed E-state index contributed by atoms with van der Waals surface area (Å²) in [5.74, 6) is -0.394. The molecule has 0 unspecified atom stereocenters. The molecule has 102 valence electrons. The van der Waals surface area contributed by atoms with E-state index in [-0.39, 0.29) is 6.61 Å². The lowest BCUT2D eigenvalue weighted by molar-refractivity contribution is -0.139. The Kier molecular flexibility index (Phi) is 9.14. The van der Waals surface area contributed by atoms with E-state index in [0.717, 1.165) is 23.7 Å². The Hall–Kier alpha value is -1.20. The van der Waals surface area contributed by atoms with Crippen LogP contribution in [-0.2, 0) is 9.53 Å². The summed E-state index contributed by atoms with van der Waals surface area (Å²) in [6.45, 7) is 7.20. The molecular weight excluding hydrogens is 252 g/mol. The highest BCUT2D eigenvalue weighted by Gasteiger charge is 2.02. The first-order valence-corrected chi connectivity index (χ1v) is 6.17. The highest BCUT2D eigenvalue weighted by molar-refractivity contribution is 7.80. The predicted molar refractivity (Wildman–Crippen MR) is 73.7 cm³/mol. The van der Waals surface area contributed by atoms with Gasteiger partial charge in [-0.15, -0.1) is 12.6 Å². The monoisotopic (exact) mass is 272 g/mol. The van der Waals surface area contributed by atoms with Crippen molar-refractivity contribution >= 4 is 18.6 Å². The number of hydrogen-bond donors (Lipinski definition) is 2. The normalized spacial score (nSPS) is 9.33. The average Bonchev–Trinajstić information content (AvgIpc) is 2.29. The van der Waals surface area contributed by atoms with Gasteiger partial charge in [-0.25, -0.2) is 4.79 Å². The zero-order valence-electron chi connectivity index (χ0n) is 11.0. The van der Waals surface area contributed by atoms with Crippen molar-refractivity contribution in [1.82, 2.24) is 0 Å². The molecule has 0 atom stereocenters. The van der Waals surface area contributed by atoms with Crippen LogP contribution in [0.3, 0.4) is 0 Å². The van der Waals surface area contributed by atoms with Gasteiger partial charge >= 0.3 is 5.97 Å². The van der Waals surface area contributed by atoms with Gasteiger partial charge in [0.15, 0.2) is 6.61 Å². The van der Waals surface area contributed by atoms with Crippen molar-refractivity contribution in [2.24, 2.45) is 0 Å². The molecule has 1 aromatic rings. The first kappa shape index (κ1) is 16.8. The van der Waals surface area contributed by atoms with Crippen LogP contribution in [0.1, 0.15) is 19.4 Å². The molecular formula is C13H20O4S. The maximum atomic E-state index is 10.2. The number of rotatable bonds is 5. The van der Waals surface area contributed by atoms with E-state index in [1.54, 1.807) is 12.1 Å². The van der Waals surface area contributed by atoms with Crippen molar-refractivity contribution in [2.45, 2.75) is 25.7 Å². The minimum atomic E-state index is -0.977. The first-order chi connectivity index (χ1) is 8.51. The van der Waals surface area contributed by atoms with Gasteiger partial charge in [-0.2, -0.15) is 0 Å². The molecule has 0 aliphatic carbocycles. The van der Waals surface area contributed by atoms with Crippen molar-refractivity contribution in [3.63, 3.8) is 0 Å². The van der Waals surface area contributed by atoms with Crippen molar-refractivity contribution in [3.05, 3.63) is 23.8 Å². The number of carboxylic acids is 1. The molecule has 0 saturated carbocycles. The fourth-order valence-electron chi connectivity index (χ4n) is 1.14. The standard InChI is InChI=1S/C9H10O3S.C4H10O/c1-6-4-7(13)2-3-8(6)12-5-9(10)11;1-3-5-4-2/h2-4,13H,5H2,1H3,(H,10,11);3-4H2,1-2H3. The van der Waals surface area contributed by atoms with E-state index in [1.807, 2.05) is 26.8 Å². The first-order valence-electron chi connectivity index (χ1n) is 5.73. The van der Waals surface area contributed by atoms with Gasteiger partial charge in [-0.05, 0) is 44.5 Å². The molecule has 0 bridgehead atoms. The third-order valence-corrected chi connectivity index (χ3v) is 2.20. The second-order valence-electron chi connectivity index (χ2n) is 3.41. The van der Waals surface area contributed by atoms with Gasteiger partial charge < -0.3 is 14.6 Å². The number of ether oxygens (including phenoxy) is 2. The lowest BCUT2D eigenvalue weighted by Crippen LogP contribution is -2.09. The van der Waals surface area contributed by atoms with E-state index in [0.29, 0.717) is 5.75 Å². The Labute approximate surface area is 113 Å². The molecule has 18 heavy (non-hydrogen) atoms. The maximum absolute atomic E-state index is 10.2. The molecule has 0 spiro atoms. The summed E-state index contributed by atoms with van der Waals surface area (Å²) in [5.41, 5.74) is 0.883. The van der Waals surface area contributed by atoms with Crippen LogP contribution in [-0.4, -0.2) is 30.9 Å². The van der Waals surface area contributed by atoms with Gasteiger partial charge in [-0.3, -0.25) is 0 Å². The van der Waals surface area contributed by atoms with E-state index in [9.17, 15) is 4.79 Å². The Bertz CT molecular complexity index is 364. The van der Waals surface area contributed by atoms with E-state index < -0.39 is 5.97 Å². The number of carbonyl (C=O) groups is 1. The molecule has 0 fully saturated rings. The van der Waals surface area contributed by atoms with Crippen LogP contribution in [0.25, 0.3) is 0 Å². The van der Waals surface area contributed by atoms with E-state index in [2.05, 4.69) is 12.6 Å². The second-order valence-corrected chi connectivity index (χ2v) is 3.93. The highest BCUT2D eigenvalue weighted by atomic mass is 32.1. The molecule has 0 heterocycles. The quantitative estimate of drug-likeness (QED) is 0.809. The molecule has 1 rings (SSSR count). The summed E-state index contributed by atoms with van der Waals surface area (Å²) in [5, 5.41) is 8.38. The van der Waals surface area contributed by atoms with Crippen molar-refractivity contribution in [1.29, 1.82) is 0 Å². The smallest absolute Gasteiger partial charge is 0.341 e. The SMILES string of the molecule is CCOCC.Cc1cc(S)ccc1OCC(=O)O. The molecule has 0 aliphatic rings. The van der Waals surface area contributed by atoms with Crippen LogP contribution in [0, 0.1) is 6.92 Å². The second kappa shape index (κ2) is 9.79. The lowest BCUT2D eigenvalue weighted by atomic mass is 10.2. The highest BCUT2D eigenvalue weighted by Crippen LogP contribution is 2.20. The number of aryl methyl sites for hydroxylation is 1. The van der Waals surface area contributed by atoms with Crippen LogP contribution in [0.4, 0.5) is 0 Å². The van der Waals surface area contributed by atoms with Gasteiger partial charge in [0.2, 0.25) is 0 Å². The molecule has 0 aliphatic heterocycles. The summed E-state index contributed by atoms with van der Waals surface area (Å²) in [7, 11) is 0. The van der Waals surface area contributed by atoms with Gasteiger partial charge in [0, 0.05) is 18.1 Å². The van der Waals surface area contributed by atoms with Crippen molar-refractivity contribution in [3.8, 4) is 5.75 Å². The van der Waals surface area contributed by atoms with Crippen LogP contribution < -0.4 is 4.74 Å². The van der Waals surface area contributed by atoms with Gasteiger partial charge in [-0.1, -0.05) is 0 Å². The molecule has 5 heteroatoms.